The molecular formula is C14H21ClN2O2S. The SMILES string of the molecule is CC1CC1CN(C)S(=O)(=O)c1cc(CCl)n(C2CC2)c1. The zero-order valence-electron chi connectivity index (χ0n) is 11.9. The minimum atomic E-state index is -3.38. The van der Waals surface area contributed by atoms with Crippen molar-refractivity contribution >= 4 is 21.6 Å². The normalized spacial score (nSPS) is 26.2. The number of nitrogens with zero attached hydrogens (tertiary/aromatic N) is 2. The van der Waals surface area contributed by atoms with Crippen molar-refractivity contribution in [1.82, 2.24) is 8.87 Å². The first-order valence-corrected chi connectivity index (χ1v) is 9.14. The maximum Gasteiger partial charge on any atom is 0.244 e. The summed E-state index contributed by atoms with van der Waals surface area (Å²) in [5, 5.41) is 0. The van der Waals surface area contributed by atoms with Crippen molar-refractivity contribution in [3.8, 4) is 0 Å². The highest BCUT2D eigenvalue weighted by molar-refractivity contribution is 7.89. The zero-order valence-corrected chi connectivity index (χ0v) is 13.5. The van der Waals surface area contributed by atoms with Gasteiger partial charge in [0, 0.05) is 31.5 Å². The van der Waals surface area contributed by atoms with Crippen molar-refractivity contribution in [3.05, 3.63) is 18.0 Å². The number of halogens is 1. The molecule has 0 aromatic carbocycles. The first kappa shape index (κ1) is 14.4. The monoisotopic (exact) mass is 316 g/mol. The molecule has 0 saturated heterocycles. The molecule has 1 aromatic heterocycles. The number of sulfonamides is 1. The molecule has 2 unspecified atom stereocenters. The maximum absolute atomic E-state index is 12.6. The second-order valence-corrected chi connectivity index (χ2v) is 8.51. The van der Waals surface area contributed by atoms with Crippen molar-refractivity contribution < 1.29 is 8.42 Å². The van der Waals surface area contributed by atoms with E-state index in [-0.39, 0.29) is 0 Å². The van der Waals surface area contributed by atoms with Gasteiger partial charge in [0.1, 0.15) is 4.90 Å². The number of aromatic nitrogens is 1. The number of hydrogen-bond acceptors (Lipinski definition) is 2. The van der Waals surface area contributed by atoms with E-state index in [1.54, 1.807) is 19.3 Å². The quantitative estimate of drug-likeness (QED) is 0.757. The summed E-state index contributed by atoms with van der Waals surface area (Å²) >= 11 is 5.93. The minimum Gasteiger partial charge on any atom is -0.346 e. The molecule has 0 spiro atoms. The molecule has 2 atom stereocenters. The third kappa shape index (κ3) is 2.63. The Hall–Kier alpha value is -0.520. The fourth-order valence-corrected chi connectivity index (χ4v) is 4.19. The van der Waals surface area contributed by atoms with E-state index in [1.165, 1.54) is 4.31 Å². The molecule has 1 heterocycles. The van der Waals surface area contributed by atoms with Crippen molar-refractivity contribution in [2.45, 2.75) is 43.0 Å². The lowest BCUT2D eigenvalue weighted by Crippen LogP contribution is -2.29. The predicted octanol–water partition coefficient (Wildman–Crippen LogP) is 2.84. The van der Waals surface area contributed by atoms with Gasteiger partial charge in [0.15, 0.2) is 0 Å². The smallest absolute Gasteiger partial charge is 0.244 e. The van der Waals surface area contributed by atoms with Gasteiger partial charge >= 0.3 is 0 Å². The molecule has 2 aliphatic rings. The van der Waals surface area contributed by atoms with Gasteiger partial charge in [-0.2, -0.15) is 0 Å². The molecule has 2 aliphatic carbocycles. The molecule has 2 fully saturated rings. The Balaban J connectivity index is 1.82. The summed E-state index contributed by atoms with van der Waals surface area (Å²) in [5.41, 5.74) is 0.904. The highest BCUT2D eigenvalue weighted by Gasteiger charge is 2.37. The van der Waals surface area contributed by atoms with Crippen molar-refractivity contribution in [3.63, 3.8) is 0 Å². The number of alkyl halides is 1. The van der Waals surface area contributed by atoms with Crippen LogP contribution in [-0.2, 0) is 15.9 Å². The van der Waals surface area contributed by atoms with Crippen LogP contribution >= 0.6 is 11.6 Å². The highest BCUT2D eigenvalue weighted by Crippen LogP contribution is 2.40. The van der Waals surface area contributed by atoms with E-state index >= 15 is 0 Å². The largest absolute Gasteiger partial charge is 0.346 e. The fraction of sp³-hybridized carbons (Fsp3) is 0.714. The van der Waals surface area contributed by atoms with Gasteiger partial charge in [-0.15, -0.1) is 11.6 Å². The molecule has 6 heteroatoms. The Kier molecular flexibility index (Phi) is 3.63. The van der Waals surface area contributed by atoms with Crippen LogP contribution in [0, 0.1) is 11.8 Å². The molecule has 0 bridgehead atoms. The summed E-state index contributed by atoms with van der Waals surface area (Å²) in [6.45, 7) is 2.79. The molecular weight excluding hydrogens is 296 g/mol. The third-order valence-corrected chi connectivity index (χ3v) is 6.52. The zero-order chi connectivity index (χ0) is 14.5. The molecule has 112 valence electrons. The first-order chi connectivity index (χ1) is 9.43. The second-order valence-electron chi connectivity index (χ2n) is 6.20. The van der Waals surface area contributed by atoms with E-state index in [9.17, 15) is 8.42 Å². The Morgan fingerprint density at radius 1 is 1.45 bits per heavy atom. The summed E-state index contributed by atoms with van der Waals surface area (Å²) in [5.74, 6) is 1.53. The molecule has 0 amide bonds. The van der Waals surface area contributed by atoms with Crippen LogP contribution in [0.2, 0.25) is 0 Å². The van der Waals surface area contributed by atoms with Crippen molar-refractivity contribution in [1.29, 1.82) is 0 Å². The van der Waals surface area contributed by atoms with Gasteiger partial charge in [-0.25, -0.2) is 12.7 Å². The lowest BCUT2D eigenvalue weighted by atomic mass is 10.3. The lowest BCUT2D eigenvalue weighted by molar-refractivity contribution is 0.444. The van der Waals surface area contributed by atoms with Crippen LogP contribution in [0.1, 0.15) is 37.9 Å². The lowest BCUT2D eigenvalue weighted by Gasteiger charge is -2.15. The molecule has 2 saturated carbocycles. The summed E-state index contributed by atoms with van der Waals surface area (Å²) in [7, 11) is -1.71. The standard InChI is InChI=1S/C14H21ClN2O2S/c1-10-5-11(10)8-16(2)20(18,19)14-6-13(7-15)17(9-14)12-3-4-12/h6,9-12H,3-5,7-8H2,1-2H3. The van der Waals surface area contributed by atoms with E-state index in [1.807, 2.05) is 4.57 Å². The van der Waals surface area contributed by atoms with Crippen LogP contribution in [0.4, 0.5) is 0 Å². The van der Waals surface area contributed by atoms with Gasteiger partial charge in [-0.1, -0.05) is 6.92 Å². The summed E-state index contributed by atoms with van der Waals surface area (Å²) in [6, 6.07) is 2.18. The maximum atomic E-state index is 12.6. The van der Waals surface area contributed by atoms with Gasteiger partial charge < -0.3 is 4.57 Å². The van der Waals surface area contributed by atoms with E-state index in [0.29, 0.717) is 35.2 Å². The van der Waals surface area contributed by atoms with Crippen LogP contribution in [0.3, 0.4) is 0 Å². The average Bonchev–Trinajstić information content (AvgIpc) is 3.31. The Morgan fingerprint density at radius 2 is 2.10 bits per heavy atom. The topological polar surface area (TPSA) is 42.3 Å². The second kappa shape index (κ2) is 5.04. The van der Waals surface area contributed by atoms with Gasteiger partial charge in [0.25, 0.3) is 0 Å². The van der Waals surface area contributed by atoms with E-state index in [0.717, 1.165) is 25.0 Å². The Bertz CT molecular complexity index is 607. The third-order valence-electron chi connectivity index (χ3n) is 4.46. The van der Waals surface area contributed by atoms with Crippen LogP contribution in [0.5, 0.6) is 0 Å². The molecule has 3 rings (SSSR count). The number of rotatable bonds is 6. The molecule has 1 aromatic rings. The van der Waals surface area contributed by atoms with Crippen LogP contribution < -0.4 is 0 Å². The van der Waals surface area contributed by atoms with Crippen LogP contribution in [-0.4, -0.2) is 30.9 Å². The summed E-state index contributed by atoms with van der Waals surface area (Å²) < 4.78 is 28.7. The summed E-state index contributed by atoms with van der Waals surface area (Å²) in [6.07, 6.45) is 5.13. The van der Waals surface area contributed by atoms with Crippen LogP contribution in [0.25, 0.3) is 0 Å². The highest BCUT2D eigenvalue weighted by atomic mass is 35.5. The van der Waals surface area contributed by atoms with Crippen LogP contribution in [0.15, 0.2) is 17.2 Å². The summed E-state index contributed by atoms with van der Waals surface area (Å²) in [4.78, 5) is 0.385. The van der Waals surface area contributed by atoms with E-state index in [2.05, 4.69) is 6.92 Å². The first-order valence-electron chi connectivity index (χ1n) is 7.16. The van der Waals surface area contributed by atoms with E-state index < -0.39 is 10.0 Å². The average molecular weight is 317 g/mol. The van der Waals surface area contributed by atoms with Gasteiger partial charge in [0.05, 0.1) is 5.88 Å². The van der Waals surface area contributed by atoms with E-state index in [4.69, 9.17) is 11.6 Å². The van der Waals surface area contributed by atoms with Gasteiger partial charge in [-0.05, 0) is 37.2 Å². The Morgan fingerprint density at radius 3 is 2.60 bits per heavy atom. The molecule has 20 heavy (non-hydrogen) atoms. The fourth-order valence-electron chi connectivity index (χ4n) is 2.70. The molecule has 0 aliphatic heterocycles. The predicted molar refractivity (Wildman–Crippen MR) is 79.3 cm³/mol. The molecule has 0 N–H and O–H groups in total. The van der Waals surface area contributed by atoms with Gasteiger partial charge in [-0.3, -0.25) is 0 Å². The molecule has 0 radical (unpaired) electrons. The molecule has 4 nitrogen and oxygen atoms in total. The van der Waals surface area contributed by atoms with Gasteiger partial charge in [0.2, 0.25) is 10.0 Å². The number of hydrogen-bond donors (Lipinski definition) is 0. The Labute approximate surface area is 125 Å². The van der Waals surface area contributed by atoms with Crippen molar-refractivity contribution in [2.24, 2.45) is 11.8 Å². The van der Waals surface area contributed by atoms with Crippen molar-refractivity contribution in [2.75, 3.05) is 13.6 Å². The minimum absolute atomic E-state index is 0.357.